The third kappa shape index (κ3) is 2.83. The van der Waals surface area contributed by atoms with Gasteiger partial charge in [-0.3, -0.25) is 0 Å². The molecule has 0 amide bonds. The minimum Gasteiger partial charge on any atom is -0.491 e. The van der Waals surface area contributed by atoms with E-state index in [1.807, 2.05) is 31.2 Å². The third-order valence-electron chi connectivity index (χ3n) is 2.66. The van der Waals surface area contributed by atoms with Crippen molar-refractivity contribution in [2.75, 3.05) is 5.32 Å². The lowest BCUT2D eigenvalue weighted by atomic mass is 10.1. The van der Waals surface area contributed by atoms with Crippen molar-refractivity contribution in [3.05, 3.63) is 35.6 Å². The zero-order valence-electron chi connectivity index (χ0n) is 10.9. The van der Waals surface area contributed by atoms with Crippen LogP contribution in [0, 0.1) is 12.8 Å². The van der Waals surface area contributed by atoms with Gasteiger partial charge in [0, 0.05) is 12.1 Å². The molecule has 2 aromatic rings. The summed E-state index contributed by atoms with van der Waals surface area (Å²) in [7, 11) is 0. The minimum atomic E-state index is -0.0280. The highest BCUT2D eigenvalue weighted by atomic mass is 16.4. The van der Waals surface area contributed by atoms with Crippen LogP contribution in [0.1, 0.15) is 25.2 Å². The molecule has 0 saturated heterocycles. The van der Waals surface area contributed by atoms with Crippen molar-refractivity contribution in [2.45, 2.75) is 27.2 Å². The summed E-state index contributed by atoms with van der Waals surface area (Å²) in [5.41, 5.74) is 2.02. The molecule has 0 atom stereocenters. The van der Waals surface area contributed by atoms with E-state index in [1.165, 1.54) is 0 Å². The van der Waals surface area contributed by atoms with E-state index >= 15 is 0 Å². The maximum Gasteiger partial charge on any atom is 0.302 e. The Bertz CT molecular complexity index is 532. The molecule has 1 heterocycles. The molecule has 0 bridgehead atoms. The zero-order valence-corrected chi connectivity index (χ0v) is 10.9. The van der Waals surface area contributed by atoms with Crippen molar-refractivity contribution in [3.63, 3.8) is 0 Å². The van der Waals surface area contributed by atoms with Crippen LogP contribution in [0.3, 0.4) is 0 Å². The quantitative estimate of drug-likeness (QED) is 0.864. The Morgan fingerprint density at radius 3 is 2.72 bits per heavy atom. The lowest BCUT2D eigenvalue weighted by Crippen LogP contribution is -1.93. The van der Waals surface area contributed by atoms with E-state index < -0.39 is 0 Å². The first kappa shape index (κ1) is 12.5. The van der Waals surface area contributed by atoms with Crippen molar-refractivity contribution in [1.29, 1.82) is 0 Å². The molecule has 0 unspecified atom stereocenters. The van der Waals surface area contributed by atoms with Gasteiger partial charge in [-0.1, -0.05) is 32.0 Å². The Kier molecular flexibility index (Phi) is 3.55. The van der Waals surface area contributed by atoms with Crippen molar-refractivity contribution in [3.8, 4) is 5.88 Å². The van der Waals surface area contributed by atoms with E-state index in [-0.39, 0.29) is 5.88 Å². The molecule has 2 rings (SSSR count). The molecule has 0 aliphatic carbocycles. The Hall–Kier alpha value is -1.97. The number of benzene rings is 1. The summed E-state index contributed by atoms with van der Waals surface area (Å²) in [4.78, 5) is 3.98. The number of anilines is 2. The molecule has 1 aromatic carbocycles. The number of nitrogens with zero attached hydrogens (tertiary/aromatic N) is 1. The van der Waals surface area contributed by atoms with E-state index in [9.17, 15) is 5.11 Å². The molecule has 0 radical (unpaired) electrons. The monoisotopic (exact) mass is 246 g/mol. The van der Waals surface area contributed by atoms with Crippen LogP contribution in [-0.4, -0.2) is 10.1 Å². The van der Waals surface area contributed by atoms with Crippen LogP contribution in [-0.2, 0) is 6.42 Å². The number of para-hydroxylation sites is 1. The highest BCUT2D eigenvalue weighted by Gasteiger charge is 2.14. The number of nitrogens with one attached hydrogen (secondary N) is 1. The minimum absolute atomic E-state index is 0.0280. The van der Waals surface area contributed by atoms with E-state index in [0.717, 1.165) is 11.3 Å². The molecular weight excluding hydrogens is 228 g/mol. The fraction of sp³-hybridized carbons (Fsp3) is 0.357. The number of rotatable bonds is 4. The average Bonchev–Trinajstić information content (AvgIpc) is 2.62. The Labute approximate surface area is 107 Å². The van der Waals surface area contributed by atoms with Crippen LogP contribution in [0.2, 0.25) is 0 Å². The fourth-order valence-electron chi connectivity index (χ4n) is 1.73. The lowest BCUT2D eigenvalue weighted by molar-refractivity contribution is 0.413. The van der Waals surface area contributed by atoms with Gasteiger partial charge in [0.1, 0.15) is 0 Å². The van der Waals surface area contributed by atoms with Crippen molar-refractivity contribution < 1.29 is 9.52 Å². The molecule has 4 nitrogen and oxygen atoms in total. The average molecular weight is 246 g/mol. The molecule has 96 valence electrons. The topological polar surface area (TPSA) is 58.3 Å². The molecule has 4 heteroatoms. The van der Waals surface area contributed by atoms with Crippen LogP contribution in [0.4, 0.5) is 11.7 Å². The maximum absolute atomic E-state index is 9.68. The second-order valence-electron chi connectivity index (χ2n) is 4.80. The van der Waals surface area contributed by atoms with Gasteiger partial charge in [0.2, 0.25) is 0 Å². The van der Waals surface area contributed by atoms with Crippen molar-refractivity contribution in [2.24, 2.45) is 5.92 Å². The second kappa shape index (κ2) is 5.12. The van der Waals surface area contributed by atoms with Crippen LogP contribution in [0.5, 0.6) is 5.88 Å². The van der Waals surface area contributed by atoms with Gasteiger partial charge >= 0.3 is 6.01 Å². The first-order valence-corrected chi connectivity index (χ1v) is 6.07. The molecule has 1 aromatic heterocycles. The summed E-state index contributed by atoms with van der Waals surface area (Å²) in [5.74, 6) is 0.913. The van der Waals surface area contributed by atoms with E-state index in [2.05, 4.69) is 24.1 Å². The van der Waals surface area contributed by atoms with Gasteiger partial charge in [-0.05, 0) is 24.5 Å². The van der Waals surface area contributed by atoms with Gasteiger partial charge in [-0.15, -0.1) is 0 Å². The van der Waals surface area contributed by atoms with Crippen molar-refractivity contribution in [1.82, 2.24) is 4.98 Å². The Balaban J connectivity index is 2.18. The molecule has 0 spiro atoms. The zero-order chi connectivity index (χ0) is 13.1. The Morgan fingerprint density at radius 1 is 1.33 bits per heavy atom. The smallest absolute Gasteiger partial charge is 0.302 e. The van der Waals surface area contributed by atoms with Gasteiger partial charge in [-0.2, -0.15) is 4.98 Å². The van der Waals surface area contributed by atoms with Gasteiger partial charge in [0.05, 0.1) is 0 Å². The molecule has 0 saturated carbocycles. The Morgan fingerprint density at radius 2 is 2.06 bits per heavy atom. The standard InChI is InChI=1S/C14H18N2O2/c1-9(2)8-12-13(17)16-14(18-12)15-11-7-5-4-6-10(11)3/h4-7,9,17H,8H2,1-3H3,(H,15,16). The van der Waals surface area contributed by atoms with Gasteiger partial charge < -0.3 is 14.8 Å². The number of oxazole rings is 1. The van der Waals surface area contributed by atoms with Gasteiger partial charge in [0.15, 0.2) is 5.76 Å². The highest BCUT2D eigenvalue weighted by Crippen LogP contribution is 2.26. The number of aromatic nitrogens is 1. The van der Waals surface area contributed by atoms with E-state index in [1.54, 1.807) is 0 Å². The number of hydrogen-bond acceptors (Lipinski definition) is 4. The molecule has 0 aliphatic rings. The number of aromatic hydroxyl groups is 1. The lowest BCUT2D eigenvalue weighted by Gasteiger charge is -2.04. The van der Waals surface area contributed by atoms with Gasteiger partial charge in [-0.25, -0.2) is 0 Å². The second-order valence-corrected chi connectivity index (χ2v) is 4.80. The maximum atomic E-state index is 9.68. The summed E-state index contributed by atoms with van der Waals surface area (Å²) in [5, 5.41) is 12.8. The van der Waals surface area contributed by atoms with E-state index in [4.69, 9.17) is 4.42 Å². The summed E-state index contributed by atoms with van der Waals surface area (Å²) in [6.45, 7) is 6.13. The third-order valence-corrected chi connectivity index (χ3v) is 2.66. The molecule has 2 N–H and O–H groups in total. The molecule has 0 fully saturated rings. The SMILES string of the molecule is Cc1ccccc1Nc1nc(O)c(CC(C)C)o1. The van der Waals surface area contributed by atoms with Crippen LogP contribution < -0.4 is 5.32 Å². The molecule has 18 heavy (non-hydrogen) atoms. The summed E-state index contributed by atoms with van der Waals surface area (Å²) in [6.07, 6.45) is 0.675. The van der Waals surface area contributed by atoms with Crippen LogP contribution >= 0.6 is 0 Å². The normalized spacial score (nSPS) is 10.9. The van der Waals surface area contributed by atoms with E-state index in [0.29, 0.717) is 24.1 Å². The number of aryl methyl sites for hydroxylation is 1. The predicted molar refractivity (Wildman–Crippen MR) is 71.2 cm³/mol. The largest absolute Gasteiger partial charge is 0.491 e. The first-order chi connectivity index (χ1) is 8.56. The number of hydrogen-bond donors (Lipinski definition) is 2. The summed E-state index contributed by atoms with van der Waals surface area (Å²) < 4.78 is 5.51. The first-order valence-electron chi connectivity index (χ1n) is 6.07. The summed E-state index contributed by atoms with van der Waals surface area (Å²) >= 11 is 0. The fourth-order valence-corrected chi connectivity index (χ4v) is 1.73. The van der Waals surface area contributed by atoms with Crippen LogP contribution in [0.15, 0.2) is 28.7 Å². The van der Waals surface area contributed by atoms with Crippen LogP contribution in [0.25, 0.3) is 0 Å². The van der Waals surface area contributed by atoms with Gasteiger partial charge in [0.25, 0.3) is 5.88 Å². The van der Waals surface area contributed by atoms with Crippen molar-refractivity contribution >= 4 is 11.7 Å². The highest BCUT2D eigenvalue weighted by molar-refractivity contribution is 5.57. The molecular formula is C14H18N2O2. The predicted octanol–water partition coefficient (Wildman–Crippen LogP) is 3.63. The summed E-state index contributed by atoms with van der Waals surface area (Å²) in [6, 6.07) is 8.18. The molecule has 0 aliphatic heterocycles.